The van der Waals surface area contributed by atoms with Crippen LogP contribution in [0.5, 0.6) is 0 Å². The summed E-state index contributed by atoms with van der Waals surface area (Å²) in [5, 5.41) is 7.68. The Morgan fingerprint density at radius 1 is 1.00 bits per heavy atom. The molecule has 0 unspecified atom stereocenters. The lowest BCUT2D eigenvalue weighted by molar-refractivity contribution is 0.996. The molecule has 3 rings (SSSR count). The summed E-state index contributed by atoms with van der Waals surface area (Å²) in [5.74, 6) is 0.120. The van der Waals surface area contributed by atoms with Crippen molar-refractivity contribution in [2.45, 2.75) is 6.42 Å². The molecule has 0 amide bonds. The molecule has 0 saturated heterocycles. The first-order chi connectivity index (χ1) is 8.77. The number of hydrogen-bond acceptors (Lipinski definition) is 2. The predicted octanol–water partition coefficient (Wildman–Crippen LogP) is 2.66. The number of nitrogen functional groups attached to an aromatic ring is 1. The molecule has 0 atom stereocenters. The van der Waals surface area contributed by atoms with E-state index in [-0.39, 0.29) is 5.84 Å². The molecule has 2 aromatic rings. The molecule has 1 aliphatic rings. The molecule has 0 fully saturated rings. The molecule has 18 heavy (non-hydrogen) atoms. The maximum Gasteiger partial charge on any atom is 0.124 e. The van der Waals surface area contributed by atoms with Crippen molar-refractivity contribution >= 4 is 17.2 Å². The summed E-state index contributed by atoms with van der Waals surface area (Å²) in [4.78, 5) is 2.24. The van der Waals surface area contributed by atoms with E-state index in [0.29, 0.717) is 0 Å². The fraction of sp³-hybridized carbons (Fsp3) is 0.133. The fourth-order valence-electron chi connectivity index (χ4n) is 2.53. The first-order valence-corrected chi connectivity index (χ1v) is 6.06. The van der Waals surface area contributed by atoms with Crippen molar-refractivity contribution in [1.82, 2.24) is 0 Å². The van der Waals surface area contributed by atoms with Gasteiger partial charge in [0, 0.05) is 17.8 Å². The normalized spacial score (nSPS) is 13.4. The molecule has 1 heterocycles. The van der Waals surface area contributed by atoms with Gasteiger partial charge in [-0.1, -0.05) is 30.3 Å². The highest BCUT2D eigenvalue weighted by atomic mass is 15.2. The smallest absolute Gasteiger partial charge is 0.124 e. The zero-order valence-corrected chi connectivity index (χ0v) is 10.1. The first kappa shape index (κ1) is 10.8. The van der Waals surface area contributed by atoms with E-state index in [1.807, 2.05) is 30.3 Å². The van der Waals surface area contributed by atoms with Gasteiger partial charge in [0.2, 0.25) is 0 Å². The lowest BCUT2D eigenvalue weighted by Crippen LogP contribution is -2.20. The maximum atomic E-state index is 7.68. The fourth-order valence-corrected chi connectivity index (χ4v) is 2.53. The van der Waals surface area contributed by atoms with E-state index >= 15 is 0 Å². The zero-order valence-electron chi connectivity index (χ0n) is 10.1. The molecule has 90 valence electrons. The molecule has 0 aromatic heterocycles. The van der Waals surface area contributed by atoms with Crippen LogP contribution in [0.1, 0.15) is 11.1 Å². The second-order valence-electron chi connectivity index (χ2n) is 4.46. The third-order valence-electron chi connectivity index (χ3n) is 3.37. The average Bonchev–Trinajstić information content (AvgIpc) is 2.82. The molecule has 2 aromatic carbocycles. The number of nitrogens with zero attached hydrogens (tertiary/aromatic N) is 1. The van der Waals surface area contributed by atoms with Gasteiger partial charge < -0.3 is 10.6 Å². The van der Waals surface area contributed by atoms with E-state index in [4.69, 9.17) is 11.1 Å². The van der Waals surface area contributed by atoms with Crippen molar-refractivity contribution in [1.29, 1.82) is 5.41 Å². The minimum Gasteiger partial charge on any atom is -0.384 e. The first-order valence-electron chi connectivity index (χ1n) is 6.06. The zero-order chi connectivity index (χ0) is 12.5. The molecule has 0 bridgehead atoms. The van der Waals surface area contributed by atoms with Crippen molar-refractivity contribution in [3.8, 4) is 0 Å². The third kappa shape index (κ3) is 1.64. The van der Waals surface area contributed by atoms with Gasteiger partial charge in [-0.05, 0) is 30.2 Å². The van der Waals surface area contributed by atoms with Crippen LogP contribution in [0.15, 0.2) is 48.5 Å². The summed E-state index contributed by atoms with van der Waals surface area (Å²) in [7, 11) is 0. The number of amidine groups is 1. The maximum absolute atomic E-state index is 7.68. The summed E-state index contributed by atoms with van der Waals surface area (Å²) in [6.45, 7) is 0.948. The van der Waals surface area contributed by atoms with Crippen LogP contribution in [0.2, 0.25) is 0 Å². The van der Waals surface area contributed by atoms with Gasteiger partial charge in [0.25, 0.3) is 0 Å². The molecule has 0 spiro atoms. The van der Waals surface area contributed by atoms with Crippen molar-refractivity contribution in [2.75, 3.05) is 11.4 Å². The van der Waals surface area contributed by atoms with E-state index in [9.17, 15) is 0 Å². The number of anilines is 2. The number of nitrogens with two attached hydrogens (primary N) is 1. The average molecular weight is 237 g/mol. The van der Waals surface area contributed by atoms with Crippen LogP contribution >= 0.6 is 0 Å². The second-order valence-corrected chi connectivity index (χ2v) is 4.46. The van der Waals surface area contributed by atoms with Gasteiger partial charge in [-0.25, -0.2) is 0 Å². The van der Waals surface area contributed by atoms with Crippen molar-refractivity contribution in [3.63, 3.8) is 0 Å². The van der Waals surface area contributed by atoms with E-state index in [1.165, 1.54) is 11.3 Å². The highest BCUT2D eigenvalue weighted by Gasteiger charge is 2.22. The third-order valence-corrected chi connectivity index (χ3v) is 3.37. The predicted molar refractivity (Wildman–Crippen MR) is 74.6 cm³/mol. The van der Waals surface area contributed by atoms with Gasteiger partial charge in [-0.2, -0.15) is 0 Å². The Labute approximate surface area is 106 Å². The topological polar surface area (TPSA) is 53.1 Å². The largest absolute Gasteiger partial charge is 0.384 e. The molecule has 0 radical (unpaired) electrons. The number of para-hydroxylation sites is 2. The van der Waals surface area contributed by atoms with Gasteiger partial charge in [0.15, 0.2) is 0 Å². The summed E-state index contributed by atoms with van der Waals surface area (Å²) in [5.41, 5.74) is 10.1. The summed E-state index contributed by atoms with van der Waals surface area (Å²) in [6, 6.07) is 16.2. The van der Waals surface area contributed by atoms with Crippen molar-refractivity contribution in [2.24, 2.45) is 5.73 Å². The van der Waals surface area contributed by atoms with Crippen LogP contribution in [0.3, 0.4) is 0 Å². The highest BCUT2D eigenvalue weighted by Crippen LogP contribution is 2.35. The second kappa shape index (κ2) is 4.18. The Kier molecular flexibility index (Phi) is 2.52. The standard InChI is InChI=1S/C15H15N3/c16-15(17)12-6-2-4-8-14(12)18-10-9-11-5-1-3-7-13(11)18/h1-8H,9-10H2,(H3,16,17). The van der Waals surface area contributed by atoms with Gasteiger partial charge >= 0.3 is 0 Å². The molecule has 1 aliphatic heterocycles. The molecule has 0 saturated carbocycles. The molecule has 3 N–H and O–H groups in total. The summed E-state index contributed by atoms with van der Waals surface area (Å²) >= 11 is 0. The van der Waals surface area contributed by atoms with Gasteiger partial charge in [-0.3, -0.25) is 5.41 Å². The molecule has 3 heteroatoms. The Morgan fingerprint density at radius 2 is 1.67 bits per heavy atom. The van der Waals surface area contributed by atoms with E-state index in [2.05, 4.69) is 23.1 Å². The van der Waals surface area contributed by atoms with Crippen LogP contribution in [0.25, 0.3) is 0 Å². The lowest BCUT2D eigenvalue weighted by atomic mass is 10.1. The van der Waals surface area contributed by atoms with Crippen LogP contribution in [0, 0.1) is 5.41 Å². The Hall–Kier alpha value is -2.29. The molecular weight excluding hydrogens is 222 g/mol. The lowest BCUT2D eigenvalue weighted by Gasteiger charge is -2.22. The number of nitrogens with one attached hydrogen (secondary N) is 1. The van der Waals surface area contributed by atoms with Crippen molar-refractivity contribution in [3.05, 3.63) is 59.7 Å². The SMILES string of the molecule is N=C(N)c1ccccc1N1CCc2ccccc21. The minimum absolute atomic E-state index is 0.120. The van der Waals surface area contributed by atoms with Gasteiger partial charge in [-0.15, -0.1) is 0 Å². The van der Waals surface area contributed by atoms with Crippen molar-refractivity contribution < 1.29 is 0 Å². The number of benzene rings is 2. The molecule has 3 nitrogen and oxygen atoms in total. The molecule has 0 aliphatic carbocycles. The van der Waals surface area contributed by atoms with Crippen LogP contribution in [-0.4, -0.2) is 12.4 Å². The van der Waals surface area contributed by atoms with Crippen LogP contribution in [-0.2, 0) is 6.42 Å². The van der Waals surface area contributed by atoms with E-state index < -0.39 is 0 Å². The highest BCUT2D eigenvalue weighted by molar-refractivity contribution is 6.01. The van der Waals surface area contributed by atoms with E-state index in [0.717, 1.165) is 24.2 Å². The summed E-state index contributed by atoms with van der Waals surface area (Å²) < 4.78 is 0. The number of rotatable bonds is 2. The minimum atomic E-state index is 0.120. The Balaban J connectivity index is 2.10. The van der Waals surface area contributed by atoms with Gasteiger partial charge in [0.1, 0.15) is 5.84 Å². The number of hydrogen-bond donors (Lipinski definition) is 2. The quantitative estimate of drug-likeness (QED) is 0.623. The molecular formula is C15H15N3. The monoisotopic (exact) mass is 237 g/mol. The van der Waals surface area contributed by atoms with Crippen LogP contribution < -0.4 is 10.6 Å². The van der Waals surface area contributed by atoms with Gasteiger partial charge in [0.05, 0.1) is 5.69 Å². The Bertz CT molecular complexity index is 604. The van der Waals surface area contributed by atoms with Crippen LogP contribution in [0.4, 0.5) is 11.4 Å². The Morgan fingerprint density at radius 3 is 2.44 bits per heavy atom. The number of fused-ring (bicyclic) bond motifs is 1. The van der Waals surface area contributed by atoms with E-state index in [1.54, 1.807) is 0 Å². The summed E-state index contributed by atoms with van der Waals surface area (Å²) in [6.07, 6.45) is 1.04.